The number of carbonyl (C=O) groups excluding carboxylic acids is 2. The van der Waals surface area contributed by atoms with Gasteiger partial charge in [-0.3, -0.25) is 9.59 Å². The number of para-hydroxylation sites is 1. The van der Waals surface area contributed by atoms with Crippen LogP contribution in [0.2, 0.25) is 5.02 Å². The number of methoxy groups -OCH3 is 1. The highest BCUT2D eigenvalue weighted by Crippen LogP contribution is 2.35. The molecule has 0 saturated carbocycles. The number of halogens is 1. The van der Waals surface area contributed by atoms with E-state index in [4.69, 9.17) is 16.3 Å². The fourth-order valence-electron chi connectivity index (χ4n) is 2.04. The van der Waals surface area contributed by atoms with Crippen LogP contribution in [0.15, 0.2) is 18.2 Å². The van der Waals surface area contributed by atoms with Crippen molar-refractivity contribution < 1.29 is 14.3 Å². The van der Waals surface area contributed by atoms with Gasteiger partial charge in [-0.15, -0.1) is 0 Å². The van der Waals surface area contributed by atoms with Crippen LogP contribution in [0.5, 0.6) is 0 Å². The molecule has 0 unspecified atom stereocenters. The van der Waals surface area contributed by atoms with Crippen molar-refractivity contribution in [1.29, 1.82) is 0 Å². The summed E-state index contributed by atoms with van der Waals surface area (Å²) < 4.78 is 4.95. The van der Waals surface area contributed by atoms with Crippen molar-refractivity contribution in [2.45, 2.75) is 12.8 Å². The van der Waals surface area contributed by atoms with E-state index in [1.54, 1.807) is 25.3 Å². The van der Waals surface area contributed by atoms with E-state index in [1.807, 2.05) is 0 Å². The number of benzene rings is 1. The third-order valence-corrected chi connectivity index (χ3v) is 3.23. The highest BCUT2D eigenvalue weighted by molar-refractivity contribution is 6.54. The summed E-state index contributed by atoms with van der Waals surface area (Å²) >= 11 is 6.06. The van der Waals surface area contributed by atoms with Crippen molar-refractivity contribution >= 4 is 29.0 Å². The smallest absolute Gasteiger partial charge is 0.299 e. The van der Waals surface area contributed by atoms with Gasteiger partial charge in [-0.2, -0.15) is 0 Å². The molecule has 4 nitrogen and oxygen atoms in total. The number of anilines is 1. The molecule has 0 N–H and O–H groups in total. The molecule has 0 bridgehead atoms. The fourth-order valence-corrected chi connectivity index (χ4v) is 2.32. The Hall–Kier alpha value is -1.39. The van der Waals surface area contributed by atoms with Gasteiger partial charge >= 0.3 is 0 Å². The van der Waals surface area contributed by atoms with Gasteiger partial charge in [-0.05, 0) is 25.0 Å². The second-order valence-electron chi connectivity index (χ2n) is 4.12. The maximum absolute atomic E-state index is 11.9. The summed E-state index contributed by atoms with van der Waals surface area (Å²) in [6.45, 7) is 1.13. The molecule has 1 aromatic rings. The number of nitrogens with zero attached hydrogens (tertiary/aromatic N) is 1. The van der Waals surface area contributed by atoms with Crippen LogP contribution < -0.4 is 4.90 Å². The van der Waals surface area contributed by atoms with E-state index in [0.717, 1.165) is 12.8 Å². The number of hydrogen-bond acceptors (Lipinski definition) is 3. The Balaban J connectivity index is 2.17. The predicted octanol–water partition coefficient (Wildman–Crippen LogP) is 2.30. The Kier molecular flexibility index (Phi) is 3.99. The largest absolute Gasteiger partial charge is 0.385 e. The zero-order chi connectivity index (χ0) is 13.1. The average Bonchev–Trinajstić information content (AvgIpc) is 2.61. The van der Waals surface area contributed by atoms with Gasteiger partial charge in [0.1, 0.15) is 0 Å². The molecule has 1 amide bonds. The van der Waals surface area contributed by atoms with E-state index in [0.29, 0.717) is 29.4 Å². The molecule has 0 aliphatic carbocycles. The van der Waals surface area contributed by atoms with Crippen molar-refractivity contribution in [2.75, 3.05) is 25.2 Å². The normalized spacial score (nSPS) is 14.2. The first-order valence-corrected chi connectivity index (χ1v) is 6.18. The van der Waals surface area contributed by atoms with E-state index in [9.17, 15) is 9.59 Å². The minimum atomic E-state index is -0.490. The topological polar surface area (TPSA) is 46.6 Å². The summed E-state index contributed by atoms with van der Waals surface area (Å²) in [6, 6.07) is 5.01. The van der Waals surface area contributed by atoms with Crippen LogP contribution in [0.1, 0.15) is 23.2 Å². The van der Waals surface area contributed by atoms with Crippen LogP contribution >= 0.6 is 11.6 Å². The third-order valence-electron chi connectivity index (χ3n) is 2.92. The van der Waals surface area contributed by atoms with Crippen molar-refractivity contribution in [2.24, 2.45) is 0 Å². The second kappa shape index (κ2) is 5.50. The lowest BCUT2D eigenvalue weighted by molar-refractivity contribution is -0.114. The Bertz CT molecular complexity index is 487. The van der Waals surface area contributed by atoms with Crippen LogP contribution in [0.25, 0.3) is 0 Å². The summed E-state index contributed by atoms with van der Waals surface area (Å²) in [4.78, 5) is 25.1. The number of unbranched alkanes of at least 4 members (excludes halogenated alkanes) is 1. The van der Waals surface area contributed by atoms with Gasteiger partial charge in [0.15, 0.2) is 0 Å². The molecule has 0 saturated heterocycles. The zero-order valence-electron chi connectivity index (χ0n) is 10.1. The van der Waals surface area contributed by atoms with Gasteiger partial charge < -0.3 is 9.64 Å². The summed E-state index contributed by atoms with van der Waals surface area (Å²) in [6.07, 6.45) is 1.62. The van der Waals surface area contributed by atoms with Gasteiger partial charge in [0.2, 0.25) is 0 Å². The Morgan fingerprint density at radius 2 is 2.06 bits per heavy atom. The molecule has 18 heavy (non-hydrogen) atoms. The lowest BCUT2D eigenvalue weighted by Crippen LogP contribution is -2.30. The van der Waals surface area contributed by atoms with Crippen molar-refractivity contribution in [3.8, 4) is 0 Å². The quantitative estimate of drug-likeness (QED) is 0.607. The Labute approximate surface area is 110 Å². The van der Waals surface area contributed by atoms with Gasteiger partial charge in [0, 0.05) is 20.3 Å². The van der Waals surface area contributed by atoms with Gasteiger partial charge in [0.25, 0.3) is 11.7 Å². The molecule has 1 aromatic carbocycles. The van der Waals surface area contributed by atoms with Gasteiger partial charge in [-0.25, -0.2) is 0 Å². The molecule has 2 rings (SSSR count). The lowest BCUT2D eigenvalue weighted by Gasteiger charge is -2.17. The predicted molar refractivity (Wildman–Crippen MR) is 69.2 cm³/mol. The number of fused-ring (bicyclic) bond motifs is 1. The maximum atomic E-state index is 11.9. The average molecular weight is 268 g/mol. The molecule has 1 aliphatic heterocycles. The molecule has 0 aromatic heterocycles. The number of hydrogen-bond donors (Lipinski definition) is 0. The van der Waals surface area contributed by atoms with E-state index in [2.05, 4.69) is 0 Å². The fraction of sp³-hybridized carbons (Fsp3) is 0.385. The standard InChI is InChI=1S/C13H14ClNO3/c1-18-8-3-2-7-15-11-9(12(16)13(15)17)5-4-6-10(11)14/h4-6H,2-3,7-8H2,1H3. The number of Topliss-reactive ketones (excluding diaryl/α,β-unsaturated/α-hetero) is 1. The van der Waals surface area contributed by atoms with E-state index >= 15 is 0 Å². The van der Waals surface area contributed by atoms with Crippen molar-refractivity contribution in [1.82, 2.24) is 0 Å². The SMILES string of the molecule is COCCCCN1C(=O)C(=O)c2cccc(Cl)c21. The molecule has 0 atom stereocenters. The van der Waals surface area contributed by atoms with Crippen LogP contribution in [-0.2, 0) is 9.53 Å². The molecule has 0 radical (unpaired) electrons. The molecule has 0 fully saturated rings. The Morgan fingerprint density at radius 3 is 2.78 bits per heavy atom. The first-order valence-electron chi connectivity index (χ1n) is 5.80. The van der Waals surface area contributed by atoms with Crippen molar-refractivity contribution in [3.05, 3.63) is 28.8 Å². The lowest BCUT2D eigenvalue weighted by atomic mass is 10.1. The monoisotopic (exact) mass is 267 g/mol. The zero-order valence-corrected chi connectivity index (χ0v) is 10.9. The second-order valence-corrected chi connectivity index (χ2v) is 4.53. The van der Waals surface area contributed by atoms with Crippen LogP contribution in [0, 0.1) is 0 Å². The summed E-state index contributed by atoms with van der Waals surface area (Å²) in [5.41, 5.74) is 0.950. The number of ether oxygens (including phenoxy) is 1. The highest BCUT2D eigenvalue weighted by atomic mass is 35.5. The number of ketones is 1. The minimum absolute atomic E-state index is 0.402. The molecule has 5 heteroatoms. The molecule has 1 aliphatic rings. The molecule has 0 spiro atoms. The van der Waals surface area contributed by atoms with E-state index in [-0.39, 0.29) is 0 Å². The van der Waals surface area contributed by atoms with Crippen molar-refractivity contribution in [3.63, 3.8) is 0 Å². The van der Waals surface area contributed by atoms with Crippen LogP contribution in [0.4, 0.5) is 5.69 Å². The molecule has 1 heterocycles. The first-order chi connectivity index (χ1) is 8.66. The summed E-state index contributed by atoms with van der Waals surface area (Å²) in [5.74, 6) is -0.963. The van der Waals surface area contributed by atoms with Gasteiger partial charge in [-0.1, -0.05) is 17.7 Å². The third kappa shape index (κ3) is 2.26. The number of rotatable bonds is 5. The maximum Gasteiger partial charge on any atom is 0.299 e. The molecular weight excluding hydrogens is 254 g/mol. The van der Waals surface area contributed by atoms with E-state index < -0.39 is 11.7 Å². The molecular formula is C13H14ClNO3. The Morgan fingerprint density at radius 1 is 1.28 bits per heavy atom. The van der Waals surface area contributed by atoms with Crippen LogP contribution in [0.3, 0.4) is 0 Å². The number of amides is 1. The summed E-state index contributed by atoms with van der Waals surface area (Å²) in [5, 5.41) is 0.443. The highest BCUT2D eigenvalue weighted by Gasteiger charge is 2.36. The van der Waals surface area contributed by atoms with Crippen LogP contribution in [-0.4, -0.2) is 32.0 Å². The van der Waals surface area contributed by atoms with E-state index in [1.165, 1.54) is 4.90 Å². The summed E-state index contributed by atoms with van der Waals surface area (Å²) in [7, 11) is 1.64. The minimum Gasteiger partial charge on any atom is -0.385 e. The van der Waals surface area contributed by atoms with Gasteiger partial charge in [0.05, 0.1) is 16.3 Å². The molecule has 96 valence electrons. The first kappa shape index (κ1) is 13.1. The number of carbonyl (C=O) groups is 2.